The van der Waals surface area contributed by atoms with Crippen molar-refractivity contribution in [3.05, 3.63) is 77.4 Å². The molecule has 0 radical (unpaired) electrons. The highest BCUT2D eigenvalue weighted by molar-refractivity contribution is 9.10. The van der Waals surface area contributed by atoms with Crippen molar-refractivity contribution in [2.45, 2.75) is 19.9 Å². The Labute approximate surface area is 218 Å². The average molecular weight is 575 g/mol. The fourth-order valence-electron chi connectivity index (χ4n) is 3.81. The molecule has 2 N–H and O–H groups in total. The summed E-state index contributed by atoms with van der Waals surface area (Å²) in [6, 6.07) is 7.09. The molecule has 1 aliphatic heterocycles. The molecule has 0 saturated heterocycles. The molecule has 0 unspecified atom stereocenters. The largest absolute Gasteiger partial charge is 0.507 e. The van der Waals surface area contributed by atoms with Crippen molar-refractivity contribution < 1.29 is 29.2 Å². The van der Waals surface area contributed by atoms with E-state index in [2.05, 4.69) is 20.9 Å². The van der Waals surface area contributed by atoms with Crippen LogP contribution in [0.15, 0.2) is 56.4 Å². The van der Waals surface area contributed by atoms with Crippen LogP contribution in [-0.4, -0.2) is 41.1 Å². The van der Waals surface area contributed by atoms with E-state index in [4.69, 9.17) is 14.2 Å². The Kier molecular flexibility index (Phi) is 7.51. The second-order valence-corrected chi connectivity index (χ2v) is 9.47. The summed E-state index contributed by atoms with van der Waals surface area (Å²) in [7, 11) is 1.26. The van der Waals surface area contributed by atoms with Crippen LogP contribution in [0.5, 0.6) is 23.0 Å². The molecule has 0 amide bonds. The lowest BCUT2D eigenvalue weighted by Gasteiger charge is -2.23. The number of methoxy groups -OCH3 is 1. The number of hydrogen-bond acceptors (Lipinski definition) is 9. The van der Waals surface area contributed by atoms with Gasteiger partial charge in [0.05, 0.1) is 40.9 Å². The number of esters is 1. The third-order valence-electron chi connectivity index (χ3n) is 5.39. The third-order valence-corrected chi connectivity index (χ3v) is 7.02. The van der Waals surface area contributed by atoms with Gasteiger partial charge in [-0.05, 0) is 59.6 Å². The van der Waals surface area contributed by atoms with Crippen molar-refractivity contribution in [3.63, 3.8) is 0 Å². The van der Waals surface area contributed by atoms with Crippen LogP contribution in [0.25, 0.3) is 6.08 Å². The van der Waals surface area contributed by atoms with E-state index in [9.17, 15) is 19.8 Å². The predicted molar refractivity (Wildman–Crippen MR) is 137 cm³/mol. The summed E-state index contributed by atoms with van der Waals surface area (Å²) in [5, 5.41) is 20.0. The van der Waals surface area contributed by atoms with E-state index in [0.29, 0.717) is 45.1 Å². The molecule has 188 valence electrons. The van der Waals surface area contributed by atoms with Gasteiger partial charge in [0.25, 0.3) is 5.56 Å². The minimum atomic E-state index is -0.828. The van der Waals surface area contributed by atoms with Crippen molar-refractivity contribution in [3.8, 4) is 23.0 Å². The van der Waals surface area contributed by atoms with Crippen molar-refractivity contribution in [1.29, 1.82) is 0 Å². The highest BCUT2D eigenvalue weighted by Gasteiger charge is 2.31. The van der Waals surface area contributed by atoms with Crippen LogP contribution in [0.3, 0.4) is 0 Å². The summed E-state index contributed by atoms with van der Waals surface area (Å²) in [5.41, 5.74) is 0.705. The van der Waals surface area contributed by atoms with Gasteiger partial charge in [0.15, 0.2) is 16.3 Å². The summed E-state index contributed by atoms with van der Waals surface area (Å²) in [5.74, 6) is 0.0900. The lowest BCUT2D eigenvalue weighted by molar-refractivity contribution is -0.136. The molecule has 2 heterocycles. The van der Waals surface area contributed by atoms with Crippen LogP contribution in [0.1, 0.15) is 31.0 Å². The lowest BCUT2D eigenvalue weighted by Crippen LogP contribution is -2.39. The van der Waals surface area contributed by atoms with Gasteiger partial charge in [0.1, 0.15) is 11.5 Å². The Morgan fingerprint density at radius 2 is 1.86 bits per heavy atom. The lowest BCUT2D eigenvalue weighted by atomic mass is 9.97. The predicted octanol–water partition coefficient (Wildman–Crippen LogP) is 2.99. The van der Waals surface area contributed by atoms with Gasteiger partial charge in [-0.1, -0.05) is 17.4 Å². The van der Waals surface area contributed by atoms with Crippen LogP contribution in [0, 0.1) is 0 Å². The number of hydrogen-bond donors (Lipinski definition) is 2. The summed E-state index contributed by atoms with van der Waals surface area (Å²) >= 11 is 4.32. The first kappa shape index (κ1) is 25.5. The molecule has 1 atom stereocenters. The van der Waals surface area contributed by atoms with E-state index in [-0.39, 0.29) is 21.6 Å². The van der Waals surface area contributed by atoms with Crippen LogP contribution in [0.4, 0.5) is 0 Å². The number of ether oxygens (including phenoxy) is 3. The van der Waals surface area contributed by atoms with Crippen LogP contribution in [-0.2, 0) is 9.53 Å². The molecule has 1 aliphatic rings. The molecule has 0 spiro atoms. The first-order chi connectivity index (χ1) is 17.3. The van der Waals surface area contributed by atoms with Gasteiger partial charge in [-0.25, -0.2) is 9.79 Å². The molecule has 0 bridgehead atoms. The molecular weight excluding hydrogens is 552 g/mol. The van der Waals surface area contributed by atoms with E-state index in [1.807, 2.05) is 13.8 Å². The number of phenols is 2. The average Bonchev–Trinajstić information content (AvgIpc) is 3.18. The topological polar surface area (TPSA) is 120 Å². The van der Waals surface area contributed by atoms with Crippen LogP contribution in [0.2, 0.25) is 0 Å². The molecule has 0 fully saturated rings. The van der Waals surface area contributed by atoms with Gasteiger partial charge in [0, 0.05) is 17.8 Å². The van der Waals surface area contributed by atoms with E-state index in [1.54, 1.807) is 18.2 Å². The Balaban J connectivity index is 1.92. The number of halogens is 1. The molecule has 0 saturated carbocycles. The Bertz CT molecular complexity index is 1540. The van der Waals surface area contributed by atoms with Gasteiger partial charge in [0.2, 0.25) is 0 Å². The second-order valence-electron chi connectivity index (χ2n) is 7.61. The number of carbonyl (C=O) groups is 1. The Morgan fingerprint density at radius 1 is 1.14 bits per heavy atom. The highest BCUT2D eigenvalue weighted by Crippen LogP contribution is 2.35. The number of fused-ring (bicyclic) bond motifs is 1. The third kappa shape index (κ3) is 4.76. The zero-order valence-electron chi connectivity index (χ0n) is 19.6. The molecule has 9 nitrogen and oxygen atoms in total. The number of aromatic hydroxyl groups is 2. The minimum absolute atomic E-state index is 0.130. The minimum Gasteiger partial charge on any atom is -0.507 e. The summed E-state index contributed by atoms with van der Waals surface area (Å²) < 4.78 is 18.4. The molecular formula is C25H23BrN2O7S. The van der Waals surface area contributed by atoms with Crippen molar-refractivity contribution in [1.82, 2.24) is 4.57 Å². The number of rotatable bonds is 7. The zero-order chi connectivity index (χ0) is 26.0. The number of carbonyl (C=O) groups excluding carboxylic acids is 1. The molecule has 11 heteroatoms. The number of aromatic nitrogens is 1. The normalized spacial score (nSPS) is 15.1. The SMILES string of the molecule is CCOc1ccc([C@@H]2C(C(=O)OC)=CN=c3s/c(=C\c4cc(Br)c(O)cc4O)c(=O)n32)cc1OCC. The molecule has 0 aliphatic carbocycles. The first-order valence-electron chi connectivity index (χ1n) is 11.0. The van der Waals surface area contributed by atoms with Crippen LogP contribution >= 0.6 is 27.3 Å². The fraction of sp³-hybridized carbons (Fsp3) is 0.240. The number of nitrogens with zero attached hydrogens (tertiary/aromatic N) is 2. The quantitative estimate of drug-likeness (QED) is 0.416. The van der Waals surface area contributed by atoms with E-state index < -0.39 is 17.6 Å². The number of benzene rings is 2. The monoisotopic (exact) mass is 574 g/mol. The van der Waals surface area contributed by atoms with Crippen molar-refractivity contribution in [2.75, 3.05) is 20.3 Å². The van der Waals surface area contributed by atoms with E-state index in [0.717, 1.165) is 11.3 Å². The molecule has 36 heavy (non-hydrogen) atoms. The van der Waals surface area contributed by atoms with Crippen molar-refractivity contribution >= 4 is 39.3 Å². The van der Waals surface area contributed by atoms with Gasteiger partial charge in [-0.3, -0.25) is 9.36 Å². The molecule has 3 aromatic rings. The Morgan fingerprint density at radius 3 is 2.56 bits per heavy atom. The van der Waals surface area contributed by atoms with Crippen molar-refractivity contribution in [2.24, 2.45) is 4.99 Å². The number of phenolic OH excluding ortho intramolecular Hbond substituents is 2. The Hall–Kier alpha value is -3.57. The summed E-state index contributed by atoms with van der Waals surface area (Å²) in [6.07, 6.45) is 2.91. The maximum atomic E-state index is 13.6. The van der Waals surface area contributed by atoms with E-state index >= 15 is 0 Å². The van der Waals surface area contributed by atoms with E-state index in [1.165, 1.54) is 36.1 Å². The van der Waals surface area contributed by atoms with Gasteiger partial charge < -0.3 is 24.4 Å². The van der Waals surface area contributed by atoms with Gasteiger partial charge >= 0.3 is 5.97 Å². The van der Waals surface area contributed by atoms with Gasteiger partial charge in [-0.2, -0.15) is 0 Å². The fourth-order valence-corrected chi connectivity index (χ4v) is 5.13. The number of thiazole rings is 1. The molecule has 1 aromatic heterocycles. The molecule has 4 rings (SSSR count). The maximum absolute atomic E-state index is 13.6. The van der Waals surface area contributed by atoms with Gasteiger partial charge in [-0.15, -0.1) is 0 Å². The molecule has 2 aromatic carbocycles. The summed E-state index contributed by atoms with van der Waals surface area (Å²) in [4.78, 5) is 31.0. The maximum Gasteiger partial charge on any atom is 0.337 e. The second kappa shape index (κ2) is 10.6. The highest BCUT2D eigenvalue weighted by atomic mass is 79.9. The smallest absolute Gasteiger partial charge is 0.337 e. The first-order valence-corrected chi connectivity index (χ1v) is 12.6. The van der Waals surface area contributed by atoms with Crippen LogP contribution < -0.4 is 24.4 Å². The summed E-state index contributed by atoms with van der Waals surface area (Å²) in [6.45, 7) is 4.56. The standard InChI is InChI=1S/C25H23BrN2O7S/c1-4-34-19-7-6-13(9-20(19)35-5-2)22-15(24(32)33-3)12-27-25-28(22)23(31)21(36-25)10-14-8-16(26)18(30)11-17(14)29/h6-12,22,29-30H,4-5H2,1-3H3/b21-10-/t22-/m1/s1. The zero-order valence-corrected chi connectivity index (χ0v) is 22.1.